The molecule has 0 heterocycles. The summed E-state index contributed by atoms with van der Waals surface area (Å²) in [6.45, 7) is -0.201. The number of benzene rings is 3. The van der Waals surface area contributed by atoms with Gasteiger partial charge in [-0.05, 0) is 82.6 Å². The van der Waals surface area contributed by atoms with Gasteiger partial charge in [-0.15, -0.1) is 0 Å². The number of carbonyl (C=O) groups excluding carboxylic acids is 2. The van der Waals surface area contributed by atoms with E-state index in [1.54, 1.807) is 36.4 Å². The molecule has 0 aliphatic heterocycles. The molecule has 1 unspecified atom stereocenters. The van der Waals surface area contributed by atoms with E-state index in [-0.39, 0.29) is 12.5 Å². The number of halogens is 3. The van der Waals surface area contributed by atoms with Crippen molar-refractivity contribution in [1.82, 2.24) is 5.32 Å². The normalized spacial score (nSPS) is 12.1. The lowest BCUT2D eigenvalue weighted by molar-refractivity contribution is -0.117. The summed E-state index contributed by atoms with van der Waals surface area (Å²) >= 11 is 11.7. The van der Waals surface area contributed by atoms with Crippen molar-refractivity contribution in [3.8, 4) is 0 Å². The summed E-state index contributed by atoms with van der Waals surface area (Å²) in [7, 11) is -4.15. The number of hydrogen-bond donors (Lipinski definition) is 3. The molecule has 0 fully saturated rings. The van der Waals surface area contributed by atoms with Crippen LogP contribution in [0.25, 0.3) is 0 Å². The summed E-state index contributed by atoms with van der Waals surface area (Å²) in [5.74, 6) is -1.72. The Morgan fingerprint density at radius 3 is 2.29 bits per heavy atom. The molecule has 0 spiro atoms. The molecule has 0 aliphatic rings. The van der Waals surface area contributed by atoms with Crippen LogP contribution in [0.5, 0.6) is 0 Å². The molecule has 3 aromatic carbocycles. The Hall–Kier alpha value is -1.99. The Morgan fingerprint density at radius 1 is 1.03 bits per heavy atom. The molecule has 3 rings (SSSR count). The van der Waals surface area contributed by atoms with Gasteiger partial charge in [0, 0.05) is 25.8 Å². The Morgan fingerprint density at radius 2 is 1.69 bits per heavy atom. The average molecular weight is 692 g/mol. The molecular weight excluding hydrogens is 671 g/mol. The molecule has 0 bridgehead atoms. The zero-order valence-electron chi connectivity index (χ0n) is 18.2. The standard InChI is InChI=1S/C24H21BrClIN2O5S/c25-18-7-5-16(6-8-18)20(24(31)29-19-9-10-22(27)21(26)14-19)13-15-1-3-17(4-2-15)23(30)28-11-12-35(32,33)34/h1-10,14,20H,11-13H2,(H,28,30)(H,29,31)(H,32,33,34). The van der Waals surface area contributed by atoms with Crippen molar-refractivity contribution in [2.24, 2.45) is 0 Å². The number of anilines is 1. The summed E-state index contributed by atoms with van der Waals surface area (Å²) in [4.78, 5) is 25.5. The van der Waals surface area contributed by atoms with E-state index in [0.29, 0.717) is 22.7 Å². The highest BCUT2D eigenvalue weighted by Gasteiger charge is 2.22. The zero-order chi connectivity index (χ0) is 25.6. The molecule has 0 saturated heterocycles. The van der Waals surface area contributed by atoms with E-state index in [0.717, 1.165) is 19.2 Å². The van der Waals surface area contributed by atoms with Crippen molar-refractivity contribution in [2.75, 3.05) is 17.6 Å². The van der Waals surface area contributed by atoms with Crippen LogP contribution in [0.2, 0.25) is 5.02 Å². The Bertz CT molecular complexity index is 1320. The topological polar surface area (TPSA) is 113 Å². The van der Waals surface area contributed by atoms with Crippen molar-refractivity contribution >= 4 is 77.7 Å². The molecule has 1 atom stereocenters. The van der Waals surface area contributed by atoms with Gasteiger partial charge < -0.3 is 10.6 Å². The number of hydrogen-bond acceptors (Lipinski definition) is 4. The van der Waals surface area contributed by atoms with Crippen LogP contribution < -0.4 is 10.6 Å². The molecule has 0 aromatic heterocycles. The number of amides is 2. The summed E-state index contributed by atoms with van der Waals surface area (Å²) < 4.78 is 32.1. The van der Waals surface area contributed by atoms with Gasteiger partial charge in [0.05, 0.1) is 16.7 Å². The molecular formula is C24H21BrClIN2O5S. The minimum Gasteiger partial charge on any atom is -0.351 e. The lowest BCUT2D eigenvalue weighted by Gasteiger charge is -2.18. The average Bonchev–Trinajstić information content (AvgIpc) is 2.80. The van der Waals surface area contributed by atoms with Crippen LogP contribution >= 0.6 is 50.1 Å². The highest BCUT2D eigenvalue weighted by Crippen LogP contribution is 2.27. The molecule has 184 valence electrons. The Labute approximate surface area is 230 Å². The van der Waals surface area contributed by atoms with Crippen LogP contribution in [-0.2, 0) is 21.3 Å². The van der Waals surface area contributed by atoms with Crippen molar-refractivity contribution in [3.63, 3.8) is 0 Å². The summed E-state index contributed by atoms with van der Waals surface area (Å²) in [5.41, 5.74) is 2.60. The number of rotatable bonds is 9. The van der Waals surface area contributed by atoms with E-state index in [1.165, 1.54) is 0 Å². The van der Waals surface area contributed by atoms with Gasteiger partial charge in [-0.3, -0.25) is 14.1 Å². The van der Waals surface area contributed by atoms with Gasteiger partial charge >= 0.3 is 0 Å². The second kappa shape index (κ2) is 12.3. The zero-order valence-corrected chi connectivity index (χ0v) is 23.5. The molecule has 11 heteroatoms. The lowest BCUT2D eigenvalue weighted by Crippen LogP contribution is -2.28. The molecule has 3 aromatic rings. The highest BCUT2D eigenvalue weighted by atomic mass is 127. The fraction of sp³-hybridized carbons (Fsp3) is 0.167. The second-order valence-electron chi connectivity index (χ2n) is 7.67. The number of carbonyl (C=O) groups is 2. The van der Waals surface area contributed by atoms with Gasteiger partial charge in [-0.1, -0.05) is 51.8 Å². The van der Waals surface area contributed by atoms with Gasteiger partial charge in [0.1, 0.15) is 0 Å². The first-order valence-electron chi connectivity index (χ1n) is 10.4. The van der Waals surface area contributed by atoms with Gasteiger partial charge in [-0.2, -0.15) is 8.42 Å². The van der Waals surface area contributed by atoms with Crippen molar-refractivity contribution < 1.29 is 22.6 Å². The van der Waals surface area contributed by atoms with Crippen LogP contribution in [0.3, 0.4) is 0 Å². The Balaban J connectivity index is 1.76. The SMILES string of the molecule is O=C(NCCS(=O)(=O)O)c1ccc(CC(C(=O)Nc2ccc(I)c(Cl)c2)c2ccc(Br)cc2)cc1. The maximum Gasteiger partial charge on any atom is 0.266 e. The first-order chi connectivity index (χ1) is 16.5. The third-order valence-corrected chi connectivity index (χ3v) is 7.90. The van der Waals surface area contributed by atoms with Gasteiger partial charge in [-0.25, -0.2) is 0 Å². The van der Waals surface area contributed by atoms with Crippen LogP contribution in [0.15, 0.2) is 71.2 Å². The largest absolute Gasteiger partial charge is 0.351 e. The molecule has 35 heavy (non-hydrogen) atoms. The van der Waals surface area contributed by atoms with Crippen molar-refractivity contribution in [2.45, 2.75) is 12.3 Å². The predicted octanol–water partition coefficient (Wildman–Crippen LogP) is 5.29. The summed E-state index contributed by atoms with van der Waals surface area (Å²) in [6, 6.07) is 19.5. The van der Waals surface area contributed by atoms with E-state index in [2.05, 4.69) is 49.2 Å². The first kappa shape index (κ1) is 27.6. The molecule has 0 radical (unpaired) electrons. The smallest absolute Gasteiger partial charge is 0.266 e. The monoisotopic (exact) mass is 690 g/mol. The minimum absolute atomic E-state index is 0.198. The number of nitrogens with one attached hydrogen (secondary N) is 2. The highest BCUT2D eigenvalue weighted by molar-refractivity contribution is 14.1. The van der Waals surface area contributed by atoms with Crippen molar-refractivity contribution in [1.29, 1.82) is 0 Å². The summed E-state index contributed by atoms with van der Waals surface area (Å²) in [6.07, 6.45) is 0.385. The fourth-order valence-corrected chi connectivity index (χ4v) is 4.42. The molecule has 2 amide bonds. The molecule has 0 saturated carbocycles. The van der Waals surface area contributed by atoms with E-state index in [9.17, 15) is 18.0 Å². The molecule has 0 aliphatic carbocycles. The van der Waals surface area contributed by atoms with Crippen LogP contribution in [0, 0.1) is 3.57 Å². The maximum absolute atomic E-state index is 13.3. The third kappa shape index (κ3) is 8.57. The second-order valence-corrected chi connectivity index (χ2v) is 11.7. The van der Waals surface area contributed by atoms with E-state index in [4.69, 9.17) is 16.2 Å². The van der Waals surface area contributed by atoms with E-state index >= 15 is 0 Å². The van der Waals surface area contributed by atoms with Crippen molar-refractivity contribution in [3.05, 3.63) is 96.5 Å². The van der Waals surface area contributed by atoms with Crippen LogP contribution in [0.1, 0.15) is 27.4 Å². The van der Waals surface area contributed by atoms with E-state index in [1.807, 2.05) is 30.3 Å². The van der Waals surface area contributed by atoms with Gasteiger partial charge in [0.2, 0.25) is 5.91 Å². The lowest BCUT2D eigenvalue weighted by atomic mass is 9.90. The molecule has 3 N–H and O–H groups in total. The first-order valence-corrected chi connectivity index (χ1v) is 14.2. The quantitative estimate of drug-likeness (QED) is 0.209. The van der Waals surface area contributed by atoms with Gasteiger partial charge in [0.25, 0.3) is 16.0 Å². The maximum atomic E-state index is 13.3. The molecule has 7 nitrogen and oxygen atoms in total. The van der Waals surface area contributed by atoms with Gasteiger partial charge in [0.15, 0.2) is 0 Å². The predicted molar refractivity (Wildman–Crippen MR) is 149 cm³/mol. The van der Waals surface area contributed by atoms with Crippen LogP contribution in [-0.4, -0.2) is 37.1 Å². The fourth-order valence-electron chi connectivity index (χ4n) is 3.28. The minimum atomic E-state index is -4.15. The van der Waals surface area contributed by atoms with E-state index < -0.39 is 27.7 Å². The third-order valence-electron chi connectivity index (χ3n) is 5.08. The Kier molecular flexibility index (Phi) is 9.70. The summed E-state index contributed by atoms with van der Waals surface area (Å²) in [5, 5.41) is 5.93. The van der Waals surface area contributed by atoms with Crippen LogP contribution in [0.4, 0.5) is 5.69 Å².